The summed E-state index contributed by atoms with van der Waals surface area (Å²) in [5, 5.41) is 4.65. The Balaban J connectivity index is 2.01. The van der Waals surface area contributed by atoms with Crippen LogP contribution in [-0.4, -0.2) is 24.1 Å². The summed E-state index contributed by atoms with van der Waals surface area (Å²) >= 11 is 0. The maximum Gasteiger partial charge on any atom is 0.283 e. The van der Waals surface area contributed by atoms with Gasteiger partial charge in [-0.2, -0.15) is 5.10 Å². The highest BCUT2D eigenvalue weighted by Crippen LogP contribution is 2.24. The van der Waals surface area contributed by atoms with Gasteiger partial charge in [-0.15, -0.1) is 0 Å². The van der Waals surface area contributed by atoms with Crippen LogP contribution >= 0.6 is 0 Å². The van der Waals surface area contributed by atoms with E-state index in [0.717, 1.165) is 22.3 Å². The molecule has 0 saturated carbocycles. The largest absolute Gasteiger partial charge is 0.398 e. The molecule has 0 aliphatic rings. The Labute approximate surface area is 189 Å². The van der Waals surface area contributed by atoms with Gasteiger partial charge in [0.2, 0.25) is 0 Å². The average Bonchev–Trinajstić information content (AvgIpc) is 3.11. The zero-order chi connectivity index (χ0) is 23.8. The predicted octanol–water partition coefficient (Wildman–Crippen LogP) is 3.86. The van der Waals surface area contributed by atoms with Gasteiger partial charge >= 0.3 is 0 Å². The quantitative estimate of drug-likeness (QED) is 0.570. The summed E-state index contributed by atoms with van der Waals surface area (Å²) in [4.78, 5) is 13.1. The van der Waals surface area contributed by atoms with Crippen molar-refractivity contribution in [3.8, 4) is 0 Å². The van der Waals surface area contributed by atoms with Crippen molar-refractivity contribution in [3.05, 3.63) is 76.1 Å². The molecule has 8 heteroatoms. The highest BCUT2D eigenvalue weighted by Gasteiger charge is 2.26. The number of amides is 1. The second-order valence-corrected chi connectivity index (χ2v) is 10.8. The summed E-state index contributed by atoms with van der Waals surface area (Å²) < 4.78 is 29.4. The van der Waals surface area contributed by atoms with Gasteiger partial charge in [-0.1, -0.05) is 45.0 Å². The van der Waals surface area contributed by atoms with Crippen molar-refractivity contribution in [1.82, 2.24) is 14.5 Å². The number of nitrogens with two attached hydrogens (primary N) is 1. The van der Waals surface area contributed by atoms with Crippen molar-refractivity contribution in [3.63, 3.8) is 0 Å². The van der Waals surface area contributed by atoms with Crippen LogP contribution < -0.4 is 10.5 Å². The van der Waals surface area contributed by atoms with Crippen LogP contribution in [0.25, 0.3) is 0 Å². The van der Waals surface area contributed by atoms with Crippen molar-refractivity contribution >= 4 is 21.6 Å². The van der Waals surface area contributed by atoms with Crippen molar-refractivity contribution in [1.29, 1.82) is 0 Å². The highest BCUT2D eigenvalue weighted by atomic mass is 32.2. The van der Waals surface area contributed by atoms with Crippen LogP contribution in [0.3, 0.4) is 0 Å². The molecular formula is C24H30N4O3S. The lowest BCUT2D eigenvalue weighted by Crippen LogP contribution is -2.32. The summed E-state index contributed by atoms with van der Waals surface area (Å²) in [5.74, 6) is -0.738. The molecule has 0 aliphatic carbocycles. The van der Waals surface area contributed by atoms with Crippen LogP contribution in [0.4, 0.5) is 5.69 Å². The van der Waals surface area contributed by atoms with Crippen LogP contribution in [0, 0.1) is 20.8 Å². The number of sulfonamides is 1. The molecule has 3 N–H and O–H groups in total. The Hall–Kier alpha value is -3.13. The number of benzene rings is 2. The molecule has 0 radical (unpaired) electrons. The van der Waals surface area contributed by atoms with Crippen molar-refractivity contribution in [2.45, 2.75) is 58.4 Å². The molecular weight excluding hydrogens is 424 g/mol. The molecule has 0 atom stereocenters. The topological polar surface area (TPSA) is 107 Å². The first kappa shape index (κ1) is 23.5. The van der Waals surface area contributed by atoms with Crippen LogP contribution in [0.1, 0.15) is 59.2 Å². The second-order valence-electron chi connectivity index (χ2n) is 9.15. The van der Waals surface area contributed by atoms with E-state index in [1.54, 1.807) is 23.7 Å². The van der Waals surface area contributed by atoms with Gasteiger partial charge in [-0.05, 0) is 61.2 Å². The Morgan fingerprint density at radius 1 is 1.03 bits per heavy atom. The number of nitrogens with zero attached hydrogens (tertiary/aromatic N) is 2. The number of nitrogen functional groups attached to an aromatic ring is 1. The molecule has 0 saturated heterocycles. The fourth-order valence-corrected chi connectivity index (χ4v) is 4.35. The Morgan fingerprint density at radius 3 is 2.22 bits per heavy atom. The van der Waals surface area contributed by atoms with Crippen molar-refractivity contribution in [2.24, 2.45) is 0 Å². The molecule has 0 bridgehead atoms. The van der Waals surface area contributed by atoms with E-state index < -0.39 is 15.9 Å². The standard InChI is InChI=1S/C24H30N4O3S/c1-15-8-7-9-16(2)19(15)14-28-21(13-22(26-28)24(4,5)6)23(29)27-32(30,31)18-11-10-17(3)20(25)12-18/h7-13H,14,25H2,1-6H3,(H,27,29). The molecule has 1 aromatic heterocycles. The zero-order valence-electron chi connectivity index (χ0n) is 19.4. The third-order valence-electron chi connectivity index (χ3n) is 5.52. The first-order chi connectivity index (χ1) is 14.8. The van der Waals surface area contributed by atoms with E-state index in [-0.39, 0.29) is 16.0 Å². The van der Waals surface area contributed by atoms with Gasteiger partial charge in [0.05, 0.1) is 17.1 Å². The summed E-state index contributed by atoms with van der Waals surface area (Å²) in [5.41, 5.74) is 10.7. The third kappa shape index (κ3) is 4.85. The van der Waals surface area contributed by atoms with Gasteiger partial charge in [0.1, 0.15) is 5.69 Å². The first-order valence-electron chi connectivity index (χ1n) is 10.4. The van der Waals surface area contributed by atoms with Gasteiger partial charge in [-0.25, -0.2) is 13.1 Å². The fourth-order valence-electron chi connectivity index (χ4n) is 3.35. The molecule has 0 unspecified atom stereocenters. The minimum absolute atomic E-state index is 0.0641. The van der Waals surface area contributed by atoms with E-state index in [1.807, 2.05) is 52.8 Å². The van der Waals surface area contributed by atoms with Crippen molar-refractivity contribution in [2.75, 3.05) is 5.73 Å². The first-order valence-corrected chi connectivity index (χ1v) is 11.8. The van der Waals surface area contributed by atoms with Crippen LogP contribution in [0.15, 0.2) is 47.4 Å². The lowest BCUT2D eigenvalue weighted by molar-refractivity contribution is 0.0971. The van der Waals surface area contributed by atoms with Crippen LogP contribution in [0.5, 0.6) is 0 Å². The van der Waals surface area contributed by atoms with E-state index in [9.17, 15) is 13.2 Å². The number of carbonyl (C=O) groups excluding carboxylic acids is 1. The lowest BCUT2D eigenvalue weighted by Gasteiger charge is -2.15. The molecule has 3 rings (SSSR count). The molecule has 1 amide bonds. The lowest BCUT2D eigenvalue weighted by atomic mass is 9.92. The predicted molar refractivity (Wildman–Crippen MR) is 126 cm³/mol. The normalized spacial score (nSPS) is 12.1. The molecule has 3 aromatic rings. The monoisotopic (exact) mass is 454 g/mol. The molecule has 2 aromatic carbocycles. The van der Waals surface area contributed by atoms with Crippen LogP contribution in [0.2, 0.25) is 0 Å². The molecule has 0 spiro atoms. The van der Waals surface area contributed by atoms with E-state index in [4.69, 9.17) is 5.73 Å². The number of rotatable bonds is 5. The number of carbonyl (C=O) groups is 1. The summed E-state index contributed by atoms with van der Waals surface area (Å²) in [6.07, 6.45) is 0. The summed E-state index contributed by atoms with van der Waals surface area (Å²) in [6, 6.07) is 12.0. The molecule has 7 nitrogen and oxygen atoms in total. The summed E-state index contributed by atoms with van der Waals surface area (Å²) in [7, 11) is -4.10. The minimum atomic E-state index is -4.10. The highest BCUT2D eigenvalue weighted by molar-refractivity contribution is 7.90. The third-order valence-corrected chi connectivity index (χ3v) is 6.85. The number of hydrogen-bond donors (Lipinski definition) is 2. The van der Waals surface area contributed by atoms with Crippen LogP contribution in [-0.2, 0) is 22.0 Å². The van der Waals surface area contributed by atoms with Gasteiger partial charge in [0.15, 0.2) is 0 Å². The van der Waals surface area contributed by atoms with E-state index in [2.05, 4.69) is 9.82 Å². The Kier molecular flexibility index (Phi) is 6.20. The van der Waals surface area contributed by atoms with Crippen molar-refractivity contribution < 1.29 is 13.2 Å². The molecule has 1 heterocycles. The molecule has 170 valence electrons. The maximum absolute atomic E-state index is 13.1. The second kappa shape index (κ2) is 8.43. The van der Waals surface area contributed by atoms with E-state index >= 15 is 0 Å². The molecule has 0 fully saturated rings. The van der Waals surface area contributed by atoms with E-state index in [0.29, 0.717) is 17.9 Å². The number of anilines is 1. The van der Waals surface area contributed by atoms with Gasteiger partial charge < -0.3 is 5.73 Å². The fraction of sp³-hybridized carbons (Fsp3) is 0.333. The molecule has 32 heavy (non-hydrogen) atoms. The number of nitrogens with one attached hydrogen (secondary N) is 1. The Morgan fingerprint density at radius 2 is 1.66 bits per heavy atom. The Bertz CT molecular complexity index is 1260. The average molecular weight is 455 g/mol. The van der Waals surface area contributed by atoms with E-state index in [1.165, 1.54) is 12.1 Å². The number of aryl methyl sites for hydroxylation is 3. The maximum atomic E-state index is 13.1. The summed E-state index contributed by atoms with van der Waals surface area (Å²) in [6.45, 7) is 12.1. The SMILES string of the molecule is Cc1ccc(S(=O)(=O)NC(=O)c2cc(C(C)(C)C)nn2Cc2c(C)cccc2C)cc1N. The van der Waals surface area contributed by atoms with Gasteiger partial charge in [0, 0.05) is 11.1 Å². The zero-order valence-corrected chi connectivity index (χ0v) is 20.2. The smallest absolute Gasteiger partial charge is 0.283 e. The molecule has 0 aliphatic heterocycles. The number of aromatic nitrogens is 2. The van der Waals surface area contributed by atoms with Gasteiger partial charge in [-0.3, -0.25) is 9.48 Å². The van der Waals surface area contributed by atoms with Gasteiger partial charge in [0.25, 0.3) is 15.9 Å². The minimum Gasteiger partial charge on any atom is -0.398 e. The number of hydrogen-bond acceptors (Lipinski definition) is 5.